The molecule has 0 spiro atoms. The molecular formula is C16H8Cl2N2O2S. The zero-order chi connectivity index (χ0) is 16.4. The fraction of sp³-hybridized carbons (Fsp3) is 0. The second kappa shape index (κ2) is 6.58. The second-order valence-electron chi connectivity index (χ2n) is 4.60. The lowest BCUT2D eigenvalue weighted by molar-refractivity contribution is 0.103. The summed E-state index contributed by atoms with van der Waals surface area (Å²) in [5.41, 5.74) is 0.855. The number of hydrogen-bond donors (Lipinski definition) is 0. The minimum Gasteiger partial charge on any atom is -0.286 e. The Kier molecular flexibility index (Phi) is 4.52. The van der Waals surface area contributed by atoms with E-state index in [0.29, 0.717) is 21.2 Å². The first-order valence-electron chi connectivity index (χ1n) is 6.49. The number of carbonyl (C=O) groups excluding carboxylic acids is 2. The summed E-state index contributed by atoms with van der Waals surface area (Å²) in [5, 5.41) is 1.23. The molecular weight excluding hydrogens is 355 g/mol. The molecule has 0 aliphatic carbocycles. The maximum atomic E-state index is 12.3. The highest BCUT2D eigenvalue weighted by Gasteiger charge is 2.19. The van der Waals surface area contributed by atoms with Crippen LogP contribution in [0.5, 0.6) is 0 Å². The number of benzene rings is 2. The number of halogens is 2. The molecule has 114 valence electrons. The van der Waals surface area contributed by atoms with Crippen LogP contribution in [0, 0.1) is 0 Å². The van der Waals surface area contributed by atoms with Crippen molar-refractivity contribution >= 4 is 46.3 Å². The molecule has 1 heterocycles. The first-order chi connectivity index (χ1) is 11.0. The Balaban J connectivity index is 1.85. The molecule has 7 heteroatoms. The van der Waals surface area contributed by atoms with Crippen molar-refractivity contribution in [1.82, 2.24) is 9.36 Å². The van der Waals surface area contributed by atoms with Crippen molar-refractivity contribution in [2.75, 3.05) is 0 Å². The summed E-state index contributed by atoms with van der Waals surface area (Å²) in [6, 6.07) is 12.9. The van der Waals surface area contributed by atoms with E-state index in [1.54, 1.807) is 48.5 Å². The molecule has 0 amide bonds. The van der Waals surface area contributed by atoms with Crippen molar-refractivity contribution in [3.63, 3.8) is 0 Å². The van der Waals surface area contributed by atoms with Crippen molar-refractivity contribution in [3.8, 4) is 0 Å². The predicted molar refractivity (Wildman–Crippen MR) is 89.7 cm³/mol. The van der Waals surface area contributed by atoms with Gasteiger partial charge in [0.15, 0.2) is 5.01 Å². The number of hydrogen-bond acceptors (Lipinski definition) is 5. The van der Waals surface area contributed by atoms with Gasteiger partial charge in [0.25, 0.3) is 0 Å². The summed E-state index contributed by atoms with van der Waals surface area (Å²) in [5.74, 6) is -0.656. The third-order valence-electron chi connectivity index (χ3n) is 3.04. The number of ketones is 2. The van der Waals surface area contributed by atoms with Crippen LogP contribution in [0.2, 0.25) is 10.0 Å². The Morgan fingerprint density at radius 3 is 1.78 bits per heavy atom. The van der Waals surface area contributed by atoms with Crippen LogP contribution in [-0.2, 0) is 0 Å². The summed E-state index contributed by atoms with van der Waals surface area (Å²) in [6.45, 7) is 0. The molecule has 0 aliphatic rings. The number of nitrogens with zero attached hydrogens (tertiary/aromatic N) is 2. The summed E-state index contributed by atoms with van der Waals surface area (Å²) >= 11 is 12.5. The van der Waals surface area contributed by atoms with Crippen molar-refractivity contribution in [2.45, 2.75) is 0 Å². The molecule has 3 rings (SSSR count). The third-order valence-corrected chi connectivity index (χ3v) is 4.25. The topological polar surface area (TPSA) is 59.9 Å². The molecule has 0 atom stereocenters. The van der Waals surface area contributed by atoms with E-state index >= 15 is 0 Å². The standard InChI is InChI=1S/C16H8Cl2N2O2S/c17-11-5-1-9(2-6-11)13(21)15-19-16(23-20-15)14(22)10-3-7-12(18)8-4-10/h1-8H. The minimum atomic E-state index is -0.354. The molecule has 0 radical (unpaired) electrons. The van der Waals surface area contributed by atoms with Gasteiger partial charge in [0.2, 0.25) is 17.4 Å². The van der Waals surface area contributed by atoms with Crippen LogP contribution in [0.4, 0.5) is 0 Å². The van der Waals surface area contributed by atoms with Crippen LogP contribution < -0.4 is 0 Å². The first-order valence-corrected chi connectivity index (χ1v) is 8.02. The molecule has 0 saturated carbocycles. The minimum absolute atomic E-state index is 0.00497. The Bertz CT molecular complexity index is 802. The van der Waals surface area contributed by atoms with Crippen molar-refractivity contribution in [3.05, 3.63) is 80.5 Å². The molecule has 0 aliphatic heterocycles. The van der Waals surface area contributed by atoms with Crippen LogP contribution in [0.3, 0.4) is 0 Å². The monoisotopic (exact) mass is 362 g/mol. The van der Waals surface area contributed by atoms with Gasteiger partial charge in [-0.3, -0.25) is 9.59 Å². The lowest BCUT2D eigenvalue weighted by Gasteiger charge is -1.97. The van der Waals surface area contributed by atoms with E-state index < -0.39 is 0 Å². The zero-order valence-electron chi connectivity index (χ0n) is 11.5. The second-order valence-corrected chi connectivity index (χ2v) is 6.22. The molecule has 0 bridgehead atoms. The average molecular weight is 363 g/mol. The van der Waals surface area contributed by atoms with Gasteiger partial charge in [0.1, 0.15) is 0 Å². The van der Waals surface area contributed by atoms with E-state index in [1.165, 1.54) is 0 Å². The lowest BCUT2D eigenvalue weighted by atomic mass is 10.1. The fourth-order valence-electron chi connectivity index (χ4n) is 1.86. The van der Waals surface area contributed by atoms with E-state index in [-0.39, 0.29) is 22.4 Å². The fourth-order valence-corrected chi connectivity index (χ4v) is 2.74. The van der Waals surface area contributed by atoms with Gasteiger partial charge in [-0.1, -0.05) is 23.2 Å². The quantitative estimate of drug-likeness (QED) is 0.648. The van der Waals surface area contributed by atoms with E-state index in [0.717, 1.165) is 11.5 Å². The van der Waals surface area contributed by atoms with E-state index in [2.05, 4.69) is 9.36 Å². The van der Waals surface area contributed by atoms with E-state index in [4.69, 9.17) is 23.2 Å². The maximum absolute atomic E-state index is 12.3. The Morgan fingerprint density at radius 2 is 1.26 bits per heavy atom. The van der Waals surface area contributed by atoms with Gasteiger partial charge in [0.05, 0.1) is 0 Å². The highest BCUT2D eigenvalue weighted by molar-refractivity contribution is 7.08. The van der Waals surface area contributed by atoms with E-state index in [9.17, 15) is 9.59 Å². The molecule has 0 unspecified atom stereocenters. The molecule has 0 saturated heterocycles. The summed E-state index contributed by atoms with van der Waals surface area (Å²) in [7, 11) is 0. The predicted octanol–water partition coefficient (Wildman–Crippen LogP) is 4.31. The van der Waals surface area contributed by atoms with Gasteiger partial charge in [-0.25, -0.2) is 4.98 Å². The Morgan fingerprint density at radius 1 is 0.783 bits per heavy atom. The first kappa shape index (κ1) is 15.8. The van der Waals surface area contributed by atoms with Crippen LogP contribution in [0.15, 0.2) is 48.5 Å². The van der Waals surface area contributed by atoms with Gasteiger partial charge < -0.3 is 0 Å². The van der Waals surface area contributed by atoms with Crippen molar-refractivity contribution < 1.29 is 9.59 Å². The van der Waals surface area contributed by atoms with E-state index in [1.807, 2.05) is 0 Å². The van der Waals surface area contributed by atoms with Crippen LogP contribution in [-0.4, -0.2) is 20.9 Å². The SMILES string of the molecule is O=C(c1ccc(Cl)cc1)c1nsc(C(=O)c2ccc(Cl)cc2)n1. The molecule has 0 N–H and O–H groups in total. The largest absolute Gasteiger partial charge is 0.286 e. The van der Waals surface area contributed by atoms with Crippen LogP contribution in [0.1, 0.15) is 31.5 Å². The molecule has 2 aromatic carbocycles. The van der Waals surface area contributed by atoms with Crippen molar-refractivity contribution in [2.24, 2.45) is 0 Å². The molecule has 1 aromatic heterocycles. The smallest absolute Gasteiger partial charge is 0.231 e. The molecule has 4 nitrogen and oxygen atoms in total. The summed E-state index contributed by atoms with van der Waals surface area (Å²) in [6.07, 6.45) is 0. The van der Waals surface area contributed by atoms with Gasteiger partial charge >= 0.3 is 0 Å². The third kappa shape index (κ3) is 3.47. The Labute approximate surface area is 145 Å². The Hall–Kier alpha value is -2.08. The lowest BCUT2D eigenvalue weighted by Crippen LogP contribution is -2.05. The van der Waals surface area contributed by atoms with Crippen LogP contribution in [0.25, 0.3) is 0 Å². The summed E-state index contributed by atoms with van der Waals surface area (Å²) in [4.78, 5) is 28.6. The van der Waals surface area contributed by atoms with Gasteiger partial charge in [-0.15, -0.1) is 0 Å². The molecule has 3 aromatic rings. The highest BCUT2D eigenvalue weighted by atomic mass is 35.5. The number of aromatic nitrogens is 2. The number of rotatable bonds is 4. The van der Waals surface area contributed by atoms with Crippen molar-refractivity contribution in [1.29, 1.82) is 0 Å². The van der Waals surface area contributed by atoms with Gasteiger partial charge in [-0.2, -0.15) is 4.37 Å². The molecule has 23 heavy (non-hydrogen) atoms. The average Bonchev–Trinajstić information content (AvgIpc) is 3.05. The van der Waals surface area contributed by atoms with Crippen LogP contribution >= 0.6 is 34.7 Å². The maximum Gasteiger partial charge on any atom is 0.231 e. The van der Waals surface area contributed by atoms with Gasteiger partial charge in [-0.05, 0) is 60.1 Å². The summed E-state index contributed by atoms with van der Waals surface area (Å²) < 4.78 is 3.98. The zero-order valence-corrected chi connectivity index (χ0v) is 13.8. The highest BCUT2D eigenvalue weighted by Crippen LogP contribution is 2.17. The van der Waals surface area contributed by atoms with Gasteiger partial charge in [0, 0.05) is 21.2 Å². The normalized spacial score (nSPS) is 10.5. The molecule has 0 fully saturated rings. The number of carbonyl (C=O) groups is 2.